The van der Waals surface area contributed by atoms with Crippen LogP contribution in [0.5, 0.6) is 0 Å². The number of hydrogen-bond donors (Lipinski definition) is 2. The van der Waals surface area contributed by atoms with Gasteiger partial charge in [-0.2, -0.15) is 18.4 Å². The Morgan fingerprint density at radius 3 is 2.71 bits per heavy atom. The van der Waals surface area contributed by atoms with Crippen LogP contribution in [0.4, 0.5) is 18.9 Å². The van der Waals surface area contributed by atoms with E-state index in [0.29, 0.717) is 23.4 Å². The minimum atomic E-state index is -4.36. The fraction of sp³-hybridized carbons (Fsp3) is 0.381. The third-order valence-corrected chi connectivity index (χ3v) is 4.97. The summed E-state index contributed by atoms with van der Waals surface area (Å²) in [4.78, 5) is 2.01. The van der Waals surface area contributed by atoms with Crippen LogP contribution in [0.15, 0.2) is 42.5 Å². The highest BCUT2D eigenvalue weighted by Gasteiger charge is 2.33. The van der Waals surface area contributed by atoms with E-state index in [-0.39, 0.29) is 24.8 Å². The Labute approximate surface area is 162 Å². The Kier molecular flexibility index (Phi) is 6.22. The number of aliphatic hydroxyl groups is 1. The molecule has 0 unspecified atom stereocenters. The van der Waals surface area contributed by atoms with Gasteiger partial charge in [0.2, 0.25) is 0 Å². The zero-order chi connectivity index (χ0) is 20.1. The number of rotatable bonds is 5. The smallest absolute Gasteiger partial charge is 0.392 e. The van der Waals surface area contributed by atoms with E-state index in [0.717, 1.165) is 25.5 Å². The Balaban J connectivity index is 1.70. The van der Waals surface area contributed by atoms with Crippen LogP contribution in [0.25, 0.3) is 0 Å². The average Bonchev–Trinajstić information content (AvgIpc) is 2.68. The number of benzene rings is 2. The summed E-state index contributed by atoms with van der Waals surface area (Å²) in [6.45, 7) is 1.44. The fourth-order valence-corrected chi connectivity index (χ4v) is 3.62. The molecule has 2 aromatic carbocycles. The second-order valence-corrected chi connectivity index (χ2v) is 7.02. The molecule has 0 aromatic heterocycles. The fourth-order valence-electron chi connectivity index (χ4n) is 3.62. The summed E-state index contributed by atoms with van der Waals surface area (Å²) in [7, 11) is 0. The SMILES string of the molecule is N#Cc1cc(CO)ccc1N[C@H]1CCCN(Cc2ccccc2C(F)(F)F)C1. The predicted octanol–water partition coefficient (Wildman–Crippen LogP) is 4.15. The molecule has 1 aliphatic rings. The van der Waals surface area contributed by atoms with Crippen molar-refractivity contribution in [3.8, 4) is 6.07 Å². The lowest BCUT2D eigenvalue weighted by Gasteiger charge is -2.34. The van der Waals surface area contributed by atoms with Crippen molar-refractivity contribution in [1.29, 1.82) is 5.26 Å². The molecule has 148 valence electrons. The molecule has 0 saturated carbocycles. The number of hydrogen-bond acceptors (Lipinski definition) is 4. The number of likely N-dealkylation sites (tertiary alicyclic amines) is 1. The third kappa shape index (κ3) is 4.83. The van der Waals surface area contributed by atoms with E-state index in [9.17, 15) is 23.5 Å². The summed E-state index contributed by atoms with van der Waals surface area (Å²) in [5.41, 5.74) is 1.49. The van der Waals surface area contributed by atoms with Crippen LogP contribution >= 0.6 is 0 Å². The summed E-state index contributed by atoms with van der Waals surface area (Å²) < 4.78 is 39.7. The number of halogens is 3. The monoisotopic (exact) mass is 389 g/mol. The number of aliphatic hydroxyl groups excluding tert-OH is 1. The van der Waals surface area contributed by atoms with Crippen molar-refractivity contribution in [3.63, 3.8) is 0 Å². The van der Waals surface area contributed by atoms with Crippen LogP contribution in [-0.2, 0) is 19.3 Å². The molecule has 0 aliphatic carbocycles. The van der Waals surface area contributed by atoms with Gasteiger partial charge in [0.15, 0.2) is 0 Å². The zero-order valence-electron chi connectivity index (χ0n) is 15.3. The van der Waals surface area contributed by atoms with E-state index in [2.05, 4.69) is 11.4 Å². The van der Waals surface area contributed by atoms with E-state index in [1.54, 1.807) is 24.3 Å². The molecule has 2 aromatic rings. The third-order valence-electron chi connectivity index (χ3n) is 4.97. The average molecular weight is 389 g/mol. The zero-order valence-corrected chi connectivity index (χ0v) is 15.3. The van der Waals surface area contributed by atoms with Gasteiger partial charge in [0.25, 0.3) is 0 Å². The highest BCUT2D eigenvalue weighted by atomic mass is 19.4. The normalized spacial score (nSPS) is 17.9. The Morgan fingerprint density at radius 2 is 2.00 bits per heavy atom. The van der Waals surface area contributed by atoms with Crippen LogP contribution in [0.1, 0.15) is 35.1 Å². The second kappa shape index (κ2) is 8.63. The summed E-state index contributed by atoms with van der Waals surface area (Å²) in [6, 6.07) is 13.0. The minimum absolute atomic E-state index is 0.0406. The molecule has 7 heteroatoms. The van der Waals surface area contributed by atoms with E-state index in [4.69, 9.17) is 0 Å². The van der Waals surface area contributed by atoms with Gasteiger partial charge in [-0.15, -0.1) is 0 Å². The number of alkyl halides is 3. The van der Waals surface area contributed by atoms with Crippen molar-refractivity contribution >= 4 is 5.69 Å². The van der Waals surface area contributed by atoms with Crippen molar-refractivity contribution in [2.24, 2.45) is 0 Å². The molecule has 1 atom stereocenters. The molecule has 1 aliphatic heterocycles. The summed E-state index contributed by atoms with van der Waals surface area (Å²) >= 11 is 0. The quantitative estimate of drug-likeness (QED) is 0.807. The largest absolute Gasteiger partial charge is 0.416 e. The predicted molar refractivity (Wildman–Crippen MR) is 100 cm³/mol. The van der Waals surface area contributed by atoms with Crippen molar-refractivity contribution in [3.05, 3.63) is 64.7 Å². The van der Waals surface area contributed by atoms with Crippen molar-refractivity contribution in [1.82, 2.24) is 4.90 Å². The lowest BCUT2D eigenvalue weighted by molar-refractivity contribution is -0.138. The van der Waals surface area contributed by atoms with Gasteiger partial charge >= 0.3 is 6.18 Å². The first-order valence-corrected chi connectivity index (χ1v) is 9.18. The molecule has 0 amide bonds. The van der Waals surface area contributed by atoms with Gasteiger partial charge < -0.3 is 10.4 Å². The summed E-state index contributed by atoms with van der Waals surface area (Å²) in [6.07, 6.45) is -2.62. The lowest BCUT2D eigenvalue weighted by Crippen LogP contribution is -2.42. The Hall–Kier alpha value is -2.56. The van der Waals surface area contributed by atoms with Gasteiger partial charge in [-0.1, -0.05) is 24.3 Å². The van der Waals surface area contributed by atoms with Gasteiger partial charge in [-0.3, -0.25) is 4.90 Å². The van der Waals surface area contributed by atoms with E-state index in [1.165, 1.54) is 12.1 Å². The summed E-state index contributed by atoms with van der Waals surface area (Å²) in [5.74, 6) is 0. The molecule has 2 N–H and O–H groups in total. The molecule has 0 spiro atoms. The van der Waals surface area contributed by atoms with Crippen LogP contribution in [0, 0.1) is 11.3 Å². The molecule has 1 fully saturated rings. The molecule has 3 rings (SSSR count). The molecule has 1 heterocycles. The molecule has 0 radical (unpaired) electrons. The first kappa shape index (κ1) is 20.2. The Morgan fingerprint density at radius 1 is 1.21 bits per heavy atom. The topological polar surface area (TPSA) is 59.3 Å². The highest BCUT2D eigenvalue weighted by Crippen LogP contribution is 2.33. The first-order chi connectivity index (χ1) is 13.4. The van der Waals surface area contributed by atoms with Crippen molar-refractivity contribution in [2.45, 2.75) is 38.2 Å². The van der Waals surface area contributed by atoms with Gasteiger partial charge in [-0.05, 0) is 48.7 Å². The molecule has 1 saturated heterocycles. The first-order valence-electron chi connectivity index (χ1n) is 9.18. The molecule has 0 bridgehead atoms. The van der Waals surface area contributed by atoms with Crippen molar-refractivity contribution in [2.75, 3.05) is 18.4 Å². The minimum Gasteiger partial charge on any atom is -0.392 e. The maximum Gasteiger partial charge on any atom is 0.416 e. The number of nitriles is 1. The van der Waals surface area contributed by atoms with Crippen LogP contribution in [-0.4, -0.2) is 29.1 Å². The van der Waals surface area contributed by atoms with Crippen LogP contribution in [0.2, 0.25) is 0 Å². The maximum atomic E-state index is 13.2. The number of piperidine rings is 1. The van der Waals surface area contributed by atoms with Gasteiger partial charge in [0, 0.05) is 19.1 Å². The van der Waals surface area contributed by atoms with Crippen LogP contribution in [0.3, 0.4) is 0 Å². The molecular weight excluding hydrogens is 367 g/mol. The standard InChI is InChI=1S/C21H22F3N3O/c22-21(23,24)19-6-2-1-4-16(19)12-27-9-3-5-18(13-27)26-20-8-7-15(14-28)10-17(20)11-25/h1-2,4,6-8,10,18,26,28H,3,5,9,12-14H2/t18-/m0/s1. The number of anilines is 1. The maximum absolute atomic E-state index is 13.2. The highest BCUT2D eigenvalue weighted by molar-refractivity contribution is 5.59. The lowest BCUT2D eigenvalue weighted by atomic mass is 10.0. The molecular formula is C21H22F3N3O. The number of nitrogens with zero attached hydrogens (tertiary/aromatic N) is 2. The van der Waals surface area contributed by atoms with Gasteiger partial charge in [0.05, 0.1) is 23.4 Å². The van der Waals surface area contributed by atoms with Crippen LogP contribution < -0.4 is 5.32 Å². The molecule has 4 nitrogen and oxygen atoms in total. The molecule has 28 heavy (non-hydrogen) atoms. The van der Waals surface area contributed by atoms with Crippen molar-refractivity contribution < 1.29 is 18.3 Å². The van der Waals surface area contributed by atoms with E-state index in [1.807, 2.05) is 4.90 Å². The van der Waals surface area contributed by atoms with Gasteiger partial charge in [0.1, 0.15) is 6.07 Å². The van der Waals surface area contributed by atoms with Gasteiger partial charge in [-0.25, -0.2) is 0 Å². The summed E-state index contributed by atoms with van der Waals surface area (Å²) in [5, 5.41) is 21.9. The van der Waals surface area contributed by atoms with E-state index < -0.39 is 11.7 Å². The number of nitrogens with one attached hydrogen (secondary N) is 1. The second-order valence-electron chi connectivity index (χ2n) is 7.02. The van der Waals surface area contributed by atoms with E-state index >= 15 is 0 Å². The Bertz CT molecular complexity index is 861.